The minimum atomic E-state index is 0.330. The molecule has 0 radical (unpaired) electrons. The molecular weight excluding hydrogens is 216 g/mol. The van der Waals surface area contributed by atoms with E-state index in [-0.39, 0.29) is 0 Å². The van der Waals surface area contributed by atoms with E-state index in [4.69, 9.17) is 4.74 Å². The molecule has 0 amide bonds. The van der Waals surface area contributed by atoms with E-state index in [1.807, 2.05) is 0 Å². The average Bonchev–Trinajstić information content (AvgIpc) is 2.29. The maximum absolute atomic E-state index is 11.2. The SMILES string of the molecule is CN1CCOC(CN(C)C2CCC(=O)CC2)C1. The van der Waals surface area contributed by atoms with Crippen LogP contribution in [0.1, 0.15) is 25.7 Å². The quantitative estimate of drug-likeness (QED) is 0.729. The van der Waals surface area contributed by atoms with Gasteiger partial charge in [0.15, 0.2) is 0 Å². The fourth-order valence-corrected chi connectivity index (χ4v) is 2.81. The molecule has 98 valence electrons. The van der Waals surface area contributed by atoms with Crippen LogP contribution in [0.25, 0.3) is 0 Å². The predicted molar refractivity (Wildman–Crippen MR) is 67.1 cm³/mol. The first-order valence-electron chi connectivity index (χ1n) is 6.67. The van der Waals surface area contributed by atoms with Crippen molar-refractivity contribution in [3.8, 4) is 0 Å². The maximum atomic E-state index is 11.2. The summed E-state index contributed by atoms with van der Waals surface area (Å²) in [4.78, 5) is 15.9. The van der Waals surface area contributed by atoms with Gasteiger partial charge in [0.1, 0.15) is 5.78 Å². The van der Waals surface area contributed by atoms with E-state index in [0.29, 0.717) is 17.9 Å². The number of morpholine rings is 1. The van der Waals surface area contributed by atoms with Crippen molar-refractivity contribution < 1.29 is 9.53 Å². The summed E-state index contributed by atoms with van der Waals surface area (Å²) < 4.78 is 5.78. The Morgan fingerprint density at radius 1 is 1.41 bits per heavy atom. The number of rotatable bonds is 3. The second kappa shape index (κ2) is 5.94. The lowest BCUT2D eigenvalue weighted by molar-refractivity contribution is -0.121. The molecule has 1 saturated carbocycles. The van der Waals surface area contributed by atoms with Gasteiger partial charge in [-0.1, -0.05) is 0 Å². The Morgan fingerprint density at radius 2 is 2.12 bits per heavy atom. The summed E-state index contributed by atoms with van der Waals surface area (Å²) >= 11 is 0. The maximum Gasteiger partial charge on any atom is 0.133 e. The highest BCUT2D eigenvalue weighted by atomic mass is 16.5. The van der Waals surface area contributed by atoms with Crippen LogP contribution in [0.5, 0.6) is 0 Å². The summed E-state index contributed by atoms with van der Waals surface area (Å²) in [6.07, 6.45) is 3.91. The molecule has 0 aromatic heterocycles. The van der Waals surface area contributed by atoms with Gasteiger partial charge >= 0.3 is 0 Å². The number of ether oxygens (including phenoxy) is 1. The van der Waals surface area contributed by atoms with Gasteiger partial charge in [-0.2, -0.15) is 0 Å². The minimum Gasteiger partial charge on any atom is -0.374 e. The van der Waals surface area contributed by atoms with Crippen LogP contribution in [0.3, 0.4) is 0 Å². The molecule has 1 aliphatic heterocycles. The smallest absolute Gasteiger partial charge is 0.133 e. The van der Waals surface area contributed by atoms with Crippen LogP contribution in [0.4, 0.5) is 0 Å². The molecule has 0 aromatic carbocycles. The fourth-order valence-electron chi connectivity index (χ4n) is 2.81. The predicted octanol–water partition coefficient (Wildman–Crippen LogP) is 0.760. The Morgan fingerprint density at radius 3 is 2.76 bits per heavy atom. The molecule has 2 fully saturated rings. The molecule has 0 aromatic rings. The first-order valence-corrected chi connectivity index (χ1v) is 6.67. The molecule has 17 heavy (non-hydrogen) atoms. The zero-order valence-electron chi connectivity index (χ0n) is 11.0. The molecule has 1 unspecified atom stereocenters. The molecule has 2 rings (SSSR count). The number of carbonyl (C=O) groups excluding carboxylic acids is 1. The van der Waals surface area contributed by atoms with Gasteiger partial charge in [-0.05, 0) is 26.9 Å². The Balaban J connectivity index is 1.76. The fraction of sp³-hybridized carbons (Fsp3) is 0.923. The third-order valence-corrected chi connectivity index (χ3v) is 3.97. The zero-order chi connectivity index (χ0) is 12.3. The van der Waals surface area contributed by atoms with Gasteiger partial charge in [0, 0.05) is 38.5 Å². The Labute approximate surface area is 104 Å². The average molecular weight is 240 g/mol. The third-order valence-electron chi connectivity index (χ3n) is 3.97. The van der Waals surface area contributed by atoms with Gasteiger partial charge in [-0.25, -0.2) is 0 Å². The lowest BCUT2D eigenvalue weighted by Gasteiger charge is -2.36. The molecule has 1 atom stereocenters. The number of Topliss-reactive ketones (excluding diaryl/α,β-unsaturated/α-hetero) is 1. The van der Waals surface area contributed by atoms with Crippen molar-refractivity contribution >= 4 is 5.78 Å². The van der Waals surface area contributed by atoms with E-state index in [0.717, 1.165) is 51.9 Å². The van der Waals surface area contributed by atoms with E-state index >= 15 is 0 Å². The number of carbonyl (C=O) groups is 1. The number of hydrogen-bond acceptors (Lipinski definition) is 4. The van der Waals surface area contributed by atoms with Crippen LogP contribution in [-0.2, 0) is 9.53 Å². The van der Waals surface area contributed by atoms with Crippen molar-refractivity contribution in [2.75, 3.05) is 40.3 Å². The lowest BCUT2D eigenvalue weighted by Crippen LogP contribution is -2.48. The molecule has 4 heteroatoms. The first kappa shape index (κ1) is 13.0. The van der Waals surface area contributed by atoms with E-state index in [1.54, 1.807) is 0 Å². The number of likely N-dealkylation sites (N-methyl/N-ethyl adjacent to an activating group) is 2. The molecule has 4 nitrogen and oxygen atoms in total. The zero-order valence-corrected chi connectivity index (χ0v) is 11.0. The van der Waals surface area contributed by atoms with E-state index in [9.17, 15) is 4.79 Å². The second-order valence-corrected chi connectivity index (χ2v) is 5.46. The molecule has 0 N–H and O–H groups in total. The number of ketones is 1. The molecule has 1 heterocycles. The summed E-state index contributed by atoms with van der Waals surface area (Å²) in [5.74, 6) is 0.434. The van der Waals surface area contributed by atoms with Crippen molar-refractivity contribution in [3.05, 3.63) is 0 Å². The highest BCUT2D eigenvalue weighted by Crippen LogP contribution is 2.20. The van der Waals surface area contributed by atoms with Gasteiger partial charge in [0.05, 0.1) is 12.7 Å². The Kier molecular flexibility index (Phi) is 4.54. The van der Waals surface area contributed by atoms with Crippen molar-refractivity contribution in [2.24, 2.45) is 0 Å². The minimum absolute atomic E-state index is 0.330. The standard InChI is InChI=1S/C13H24N2O2/c1-14-7-8-17-13(9-14)10-15(2)11-3-5-12(16)6-4-11/h11,13H,3-10H2,1-2H3. The van der Waals surface area contributed by atoms with Gasteiger partial charge in [-0.3, -0.25) is 4.79 Å². The van der Waals surface area contributed by atoms with Gasteiger partial charge < -0.3 is 14.5 Å². The van der Waals surface area contributed by atoms with Crippen LogP contribution in [-0.4, -0.2) is 68.1 Å². The normalized spacial score (nSPS) is 28.9. The Hall–Kier alpha value is -0.450. The second-order valence-electron chi connectivity index (χ2n) is 5.46. The summed E-state index contributed by atoms with van der Waals surface area (Å²) in [5.41, 5.74) is 0. The summed E-state index contributed by atoms with van der Waals surface area (Å²) in [7, 11) is 4.31. The van der Waals surface area contributed by atoms with Crippen LogP contribution in [0.15, 0.2) is 0 Å². The molecule has 2 aliphatic rings. The summed E-state index contributed by atoms with van der Waals surface area (Å²) in [6.45, 7) is 3.90. The first-order chi connectivity index (χ1) is 8.15. The van der Waals surface area contributed by atoms with Crippen molar-refractivity contribution in [2.45, 2.75) is 37.8 Å². The summed E-state index contributed by atoms with van der Waals surface area (Å²) in [5, 5.41) is 0. The highest BCUT2D eigenvalue weighted by Gasteiger charge is 2.25. The van der Waals surface area contributed by atoms with Crippen molar-refractivity contribution in [3.63, 3.8) is 0 Å². The molecule has 0 spiro atoms. The molecular formula is C13H24N2O2. The van der Waals surface area contributed by atoms with Crippen LogP contribution >= 0.6 is 0 Å². The van der Waals surface area contributed by atoms with Gasteiger partial charge in [0.2, 0.25) is 0 Å². The van der Waals surface area contributed by atoms with Crippen molar-refractivity contribution in [1.82, 2.24) is 9.80 Å². The van der Waals surface area contributed by atoms with E-state index < -0.39 is 0 Å². The van der Waals surface area contributed by atoms with Crippen LogP contribution in [0, 0.1) is 0 Å². The number of nitrogens with zero attached hydrogens (tertiary/aromatic N) is 2. The van der Waals surface area contributed by atoms with E-state index in [1.165, 1.54) is 0 Å². The molecule has 1 saturated heterocycles. The van der Waals surface area contributed by atoms with Gasteiger partial charge in [0.25, 0.3) is 0 Å². The van der Waals surface area contributed by atoms with Crippen LogP contribution < -0.4 is 0 Å². The lowest BCUT2D eigenvalue weighted by atomic mass is 9.93. The number of hydrogen-bond donors (Lipinski definition) is 0. The highest BCUT2D eigenvalue weighted by molar-refractivity contribution is 5.79. The topological polar surface area (TPSA) is 32.8 Å². The van der Waals surface area contributed by atoms with Crippen molar-refractivity contribution in [1.29, 1.82) is 0 Å². The monoisotopic (exact) mass is 240 g/mol. The largest absolute Gasteiger partial charge is 0.374 e. The Bertz CT molecular complexity index is 260. The van der Waals surface area contributed by atoms with Crippen LogP contribution in [0.2, 0.25) is 0 Å². The third kappa shape index (κ3) is 3.76. The van der Waals surface area contributed by atoms with E-state index in [2.05, 4.69) is 23.9 Å². The summed E-state index contributed by atoms with van der Waals surface area (Å²) in [6, 6.07) is 0.573. The molecule has 0 bridgehead atoms. The van der Waals surface area contributed by atoms with Gasteiger partial charge in [-0.15, -0.1) is 0 Å². The molecule has 1 aliphatic carbocycles.